The van der Waals surface area contributed by atoms with Crippen LogP contribution in [0.4, 0.5) is 0 Å². The zero-order valence-corrected chi connectivity index (χ0v) is 19.4. The summed E-state index contributed by atoms with van der Waals surface area (Å²) in [4.78, 5) is 14.9. The zero-order chi connectivity index (χ0) is 22.2. The van der Waals surface area contributed by atoms with Crippen molar-refractivity contribution < 1.29 is 9.53 Å². The minimum absolute atomic E-state index is 0.000987. The molecule has 1 fully saturated rings. The van der Waals surface area contributed by atoms with Crippen LogP contribution in [0.15, 0.2) is 88.4 Å². The van der Waals surface area contributed by atoms with Crippen molar-refractivity contribution in [2.24, 2.45) is 11.0 Å². The third-order valence-corrected chi connectivity index (χ3v) is 6.03. The van der Waals surface area contributed by atoms with Crippen LogP contribution >= 0.6 is 15.9 Å². The van der Waals surface area contributed by atoms with E-state index in [0.29, 0.717) is 0 Å². The normalized spacial score (nSPS) is 15.0. The smallest absolute Gasteiger partial charge is 0.243 e. The molecule has 6 heteroatoms. The first-order valence-corrected chi connectivity index (χ1v) is 11.6. The number of likely N-dealkylation sites (tertiary alicyclic amines) is 1. The van der Waals surface area contributed by atoms with Gasteiger partial charge >= 0.3 is 0 Å². The van der Waals surface area contributed by atoms with Gasteiger partial charge in [-0.15, -0.1) is 0 Å². The van der Waals surface area contributed by atoms with Crippen molar-refractivity contribution in [2.75, 3.05) is 13.1 Å². The van der Waals surface area contributed by atoms with Crippen LogP contribution in [0.3, 0.4) is 0 Å². The number of benzene rings is 3. The van der Waals surface area contributed by atoms with Gasteiger partial charge in [0.1, 0.15) is 11.5 Å². The first-order chi connectivity index (χ1) is 15.7. The average molecular weight is 492 g/mol. The molecule has 1 aliphatic rings. The summed E-state index contributed by atoms with van der Waals surface area (Å²) in [5, 5.41) is 4.16. The molecule has 1 saturated heterocycles. The summed E-state index contributed by atoms with van der Waals surface area (Å²) in [5.74, 6) is 1.49. The molecule has 0 bridgehead atoms. The lowest BCUT2D eigenvalue weighted by molar-refractivity contribution is -0.126. The quantitative estimate of drug-likeness (QED) is 0.345. The van der Waals surface area contributed by atoms with E-state index in [9.17, 15) is 4.79 Å². The molecule has 32 heavy (non-hydrogen) atoms. The second-order valence-corrected chi connectivity index (χ2v) is 8.81. The van der Waals surface area contributed by atoms with Gasteiger partial charge < -0.3 is 4.74 Å². The van der Waals surface area contributed by atoms with Crippen molar-refractivity contribution >= 4 is 28.1 Å². The molecule has 3 aromatic rings. The second kappa shape index (κ2) is 11.1. The number of nitrogens with zero attached hydrogens (tertiary/aromatic N) is 2. The Hall–Kier alpha value is -2.96. The van der Waals surface area contributed by atoms with Gasteiger partial charge in [0.2, 0.25) is 5.91 Å². The van der Waals surface area contributed by atoms with Crippen LogP contribution in [0.1, 0.15) is 24.0 Å². The second-order valence-electron chi connectivity index (χ2n) is 7.90. The number of hydrazone groups is 1. The number of piperidine rings is 1. The number of nitrogens with one attached hydrogen (secondary N) is 1. The van der Waals surface area contributed by atoms with E-state index in [4.69, 9.17) is 4.74 Å². The number of halogens is 1. The van der Waals surface area contributed by atoms with E-state index in [1.807, 2.05) is 54.6 Å². The third-order valence-electron chi connectivity index (χ3n) is 5.50. The summed E-state index contributed by atoms with van der Waals surface area (Å²) in [6.07, 6.45) is 3.34. The Morgan fingerprint density at radius 2 is 1.72 bits per heavy atom. The molecule has 0 aliphatic carbocycles. The molecular weight excluding hydrogens is 466 g/mol. The molecule has 1 amide bonds. The number of rotatable bonds is 7. The van der Waals surface area contributed by atoms with Crippen LogP contribution < -0.4 is 10.2 Å². The van der Waals surface area contributed by atoms with Gasteiger partial charge in [0.05, 0.1) is 6.21 Å². The minimum atomic E-state index is -0.0127. The molecule has 0 aromatic heterocycles. The molecule has 1 N–H and O–H groups in total. The van der Waals surface area contributed by atoms with Crippen molar-refractivity contribution in [1.82, 2.24) is 10.3 Å². The van der Waals surface area contributed by atoms with Crippen molar-refractivity contribution in [3.8, 4) is 11.5 Å². The van der Waals surface area contributed by atoms with Crippen LogP contribution in [-0.2, 0) is 11.3 Å². The number of carbonyl (C=O) groups excluding carboxylic acids is 1. The third kappa shape index (κ3) is 6.52. The fourth-order valence-electron chi connectivity index (χ4n) is 3.75. The molecule has 0 unspecified atom stereocenters. The van der Waals surface area contributed by atoms with Gasteiger partial charge in [-0.1, -0.05) is 58.4 Å². The van der Waals surface area contributed by atoms with Gasteiger partial charge in [-0.3, -0.25) is 9.69 Å². The summed E-state index contributed by atoms with van der Waals surface area (Å²) in [5.41, 5.74) is 4.86. The zero-order valence-electron chi connectivity index (χ0n) is 17.8. The van der Waals surface area contributed by atoms with E-state index in [0.717, 1.165) is 54.0 Å². The number of amides is 1. The highest BCUT2D eigenvalue weighted by Gasteiger charge is 2.24. The summed E-state index contributed by atoms with van der Waals surface area (Å²) in [6, 6.07) is 25.7. The summed E-state index contributed by atoms with van der Waals surface area (Å²) >= 11 is 3.47. The van der Waals surface area contributed by atoms with E-state index in [1.165, 1.54) is 5.56 Å². The maximum absolute atomic E-state index is 12.5. The summed E-state index contributed by atoms with van der Waals surface area (Å²) in [7, 11) is 0. The van der Waals surface area contributed by atoms with Crippen LogP contribution in [0.2, 0.25) is 0 Å². The Morgan fingerprint density at radius 3 is 2.47 bits per heavy atom. The highest BCUT2D eigenvalue weighted by Crippen LogP contribution is 2.22. The van der Waals surface area contributed by atoms with Gasteiger partial charge in [-0.2, -0.15) is 5.10 Å². The molecule has 5 nitrogen and oxygen atoms in total. The maximum Gasteiger partial charge on any atom is 0.243 e. The molecule has 164 valence electrons. The van der Waals surface area contributed by atoms with Gasteiger partial charge in [-0.25, -0.2) is 5.43 Å². The van der Waals surface area contributed by atoms with Gasteiger partial charge in [0, 0.05) is 16.9 Å². The number of hydrogen-bond acceptors (Lipinski definition) is 4. The molecule has 3 aromatic carbocycles. The molecule has 0 spiro atoms. The minimum Gasteiger partial charge on any atom is -0.457 e. The lowest BCUT2D eigenvalue weighted by atomic mass is 9.96. The Balaban J connectivity index is 1.23. The number of hydrogen-bond donors (Lipinski definition) is 1. The lowest BCUT2D eigenvalue weighted by Crippen LogP contribution is -2.39. The van der Waals surface area contributed by atoms with Gasteiger partial charge in [-0.05, 0) is 73.5 Å². The van der Waals surface area contributed by atoms with E-state index in [1.54, 1.807) is 6.21 Å². The summed E-state index contributed by atoms with van der Waals surface area (Å²) in [6.45, 7) is 2.74. The monoisotopic (exact) mass is 491 g/mol. The van der Waals surface area contributed by atoms with Crippen molar-refractivity contribution in [3.05, 3.63) is 94.5 Å². The van der Waals surface area contributed by atoms with Crippen LogP contribution in [0.25, 0.3) is 0 Å². The largest absolute Gasteiger partial charge is 0.457 e. The Morgan fingerprint density at radius 1 is 1.00 bits per heavy atom. The fraction of sp³-hybridized carbons (Fsp3) is 0.231. The average Bonchev–Trinajstić information content (AvgIpc) is 2.82. The van der Waals surface area contributed by atoms with Crippen molar-refractivity contribution in [3.63, 3.8) is 0 Å². The predicted molar refractivity (Wildman–Crippen MR) is 131 cm³/mol. The van der Waals surface area contributed by atoms with Gasteiger partial charge in [0.15, 0.2) is 0 Å². The highest BCUT2D eigenvalue weighted by atomic mass is 79.9. The first-order valence-electron chi connectivity index (χ1n) is 10.8. The number of para-hydroxylation sites is 1. The van der Waals surface area contributed by atoms with Crippen LogP contribution in [0, 0.1) is 5.92 Å². The van der Waals surface area contributed by atoms with Gasteiger partial charge in [0.25, 0.3) is 0 Å². The first kappa shape index (κ1) is 22.2. The maximum atomic E-state index is 12.5. The molecule has 4 rings (SSSR count). The number of ether oxygens (including phenoxy) is 1. The molecule has 0 radical (unpaired) electrons. The molecule has 1 aliphatic heterocycles. The number of carbonyl (C=O) groups is 1. The standard InChI is InChI=1S/C26H26BrN3O2/c27-23-11-9-20(10-12-23)19-30-15-13-22(14-16-30)26(31)29-28-18-21-5-4-8-25(17-21)32-24-6-2-1-3-7-24/h1-12,17-18,22H,13-16,19H2,(H,29,31)/b28-18-. The van der Waals surface area contributed by atoms with E-state index in [2.05, 4.69) is 55.6 Å². The van der Waals surface area contributed by atoms with Crippen LogP contribution in [0.5, 0.6) is 11.5 Å². The van der Waals surface area contributed by atoms with E-state index in [-0.39, 0.29) is 11.8 Å². The van der Waals surface area contributed by atoms with E-state index >= 15 is 0 Å². The Labute approximate surface area is 197 Å². The van der Waals surface area contributed by atoms with Crippen molar-refractivity contribution in [1.29, 1.82) is 0 Å². The molecule has 0 atom stereocenters. The molecular formula is C26H26BrN3O2. The fourth-order valence-corrected chi connectivity index (χ4v) is 4.01. The topological polar surface area (TPSA) is 53.9 Å². The Kier molecular flexibility index (Phi) is 7.69. The molecule has 1 heterocycles. The van der Waals surface area contributed by atoms with Crippen LogP contribution in [-0.4, -0.2) is 30.1 Å². The molecule has 0 saturated carbocycles. The Bertz CT molecular complexity index is 1050. The van der Waals surface area contributed by atoms with Crippen molar-refractivity contribution in [2.45, 2.75) is 19.4 Å². The summed E-state index contributed by atoms with van der Waals surface area (Å²) < 4.78 is 6.93. The van der Waals surface area contributed by atoms with E-state index < -0.39 is 0 Å². The highest BCUT2D eigenvalue weighted by molar-refractivity contribution is 9.10. The lowest BCUT2D eigenvalue weighted by Gasteiger charge is -2.30. The predicted octanol–water partition coefficient (Wildman–Crippen LogP) is 5.60. The SMILES string of the molecule is O=C(N/N=C\c1cccc(Oc2ccccc2)c1)C1CCN(Cc2ccc(Br)cc2)CC1.